The van der Waals surface area contributed by atoms with E-state index in [1.165, 1.54) is 16.8 Å². The summed E-state index contributed by atoms with van der Waals surface area (Å²) in [5.41, 5.74) is 2.08. The fourth-order valence-corrected chi connectivity index (χ4v) is 3.11. The largest absolute Gasteiger partial charge is 0.368 e. The number of fused-ring (bicyclic) bond motifs is 1. The van der Waals surface area contributed by atoms with E-state index in [1.54, 1.807) is 24.5 Å². The van der Waals surface area contributed by atoms with E-state index in [2.05, 4.69) is 26.0 Å². The van der Waals surface area contributed by atoms with Crippen molar-refractivity contribution in [2.24, 2.45) is 7.05 Å². The lowest BCUT2D eigenvalue weighted by Crippen LogP contribution is -2.49. The summed E-state index contributed by atoms with van der Waals surface area (Å²) in [4.78, 5) is 36.3. The molecule has 0 atom stereocenters. The zero-order chi connectivity index (χ0) is 18.1. The van der Waals surface area contributed by atoms with Crippen molar-refractivity contribution in [3.05, 3.63) is 58.9 Å². The van der Waals surface area contributed by atoms with E-state index in [-0.39, 0.29) is 11.5 Å². The van der Waals surface area contributed by atoms with Gasteiger partial charge < -0.3 is 9.80 Å². The van der Waals surface area contributed by atoms with Gasteiger partial charge in [-0.1, -0.05) is 0 Å². The van der Waals surface area contributed by atoms with Crippen molar-refractivity contribution in [1.82, 2.24) is 24.6 Å². The first-order valence-corrected chi connectivity index (χ1v) is 8.40. The summed E-state index contributed by atoms with van der Waals surface area (Å²) >= 11 is 0. The molecule has 132 valence electrons. The van der Waals surface area contributed by atoms with Crippen LogP contribution in [0.4, 0.5) is 5.69 Å². The molecule has 1 aliphatic rings. The molecule has 0 unspecified atom stereocenters. The molecule has 2 aromatic heterocycles. The molecule has 1 amide bonds. The quantitative estimate of drug-likeness (QED) is 0.676. The Balaban J connectivity index is 1.46. The Kier molecular flexibility index (Phi) is 4.08. The van der Waals surface area contributed by atoms with Crippen molar-refractivity contribution < 1.29 is 4.79 Å². The van der Waals surface area contributed by atoms with E-state index in [1.807, 2.05) is 12.1 Å². The van der Waals surface area contributed by atoms with Gasteiger partial charge in [-0.2, -0.15) is 5.10 Å². The minimum atomic E-state index is -0.230. The molecule has 1 aromatic carbocycles. The predicted molar refractivity (Wildman–Crippen MR) is 97.1 cm³/mol. The van der Waals surface area contributed by atoms with Gasteiger partial charge in [-0.25, -0.2) is 14.6 Å². The third kappa shape index (κ3) is 3.01. The summed E-state index contributed by atoms with van der Waals surface area (Å²) in [5.74, 6) is -0.146. The molecule has 0 saturated carbocycles. The molecule has 1 aliphatic heterocycles. The first-order chi connectivity index (χ1) is 12.6. The Morgan fingerprint density at radius 1 is 1.08 bits per heavy atom. The third-order valence-electron chi connectivity index (χ3n) is 4.60. The SMILES string of the molecule is Cn1nc(C(=O)N2CCN(c3ccc4ncncc4c3)CC2)ccc1=O. The van der Waals surface area contributed by atoms with E-state index < -0.39 is 0 Å². The first kappa shape index (κ1) is 16.2. The zero-order valence-electron chi connectivity index (χ0n) is 14.4. The number of piperazine rings is 1. The van der Waals surface area contributed by atoms with Crippen LogP contribution in [-0.2, 0) is 7.05 Å². The molecule has 8 heteroatoms. The van der Waals surface area contributed by atoms with E-state index >= 15 is 0 Å². The van der Waals surface area contributed by atoms with Crippen LogP contribution in [0.15, 0.2) is 47.7 Å². The minimum absolute atomic E-state index is 0.146. The van der Waals surface area contributed by atoms with Gasteiger partial charge in [0.05, 0.1) is 5.52 Å². The van der Waals surface area contributed by atoms with Gasteiger partial charge in [0.2, 0.25) is 0 Å². The molecule has 0 N–H and O–H groups in total. The van der Waals surface area contributed by atoms with Crippen molar-refractivity contribution >= 4 is 22.5 Å². The second-order valence-corrected chi connectivity index (χ2v) is 6.23. The number of hydrogen-bond acceptors (Lipinski definition) is 6. The Labute approximate surface area is 149 Å². The molecule has 1 fully saturated rings. The number of carbonyl (C=O) groups excluding carboxylic acids is 1. The molecule has 0 spiro atoms. The highest BCUT2D eigenvalue weighted by Crippen LogP contribution is 2.21. The Hall–Kier alpha value is -3.29. The van der Waals surface area contributed by atoms with Crippen LogP contribution in [0.5, 0.6) is 0 Å². The maximum absolute atomic E-state index is 12.6. The minimum Gasteiger partial charge on any atom is -0.368 e. The number of carbonyl (C=O) groups is 1. The first-order valence-electron chi connectivity index (χ1n) is 8.40. The van der Waals surface area contributed by atoms with Crippen molar-refractivity contribution in [3.63, 3.8) is 0 Å². The number of amides is 1. The van der Waals surface area contributed by atoms with E-state index in [0.29, 0.717) is 18.8 Å². The summed E-state index contributed by atoms with van der Waals surface area (Å²) in [6.45, 7) is 2.67. The highest BCUT2D eigenvalue weighted by Gasteiger charge is 2.23. The molecule has 3 heterocycles. The highest BCUT2D eigenvalue weighted by atomic mass is 16.2. The van der Waals surface area contributed by atoms with E-state index in [4.69, 9.17) is 0 Å². The Morgan fingerprint density at radius 3 is 2.65 bits per heavy atom. The van der Waals surface area contributed by atoms with Crippen LogP contribution < -0.4 is 10.5 Å². The van der Waals surface area contributed by atoms with Crippen molar-refractivity contribution in [3.8, 4) is 0 Å². The Bertz CT molecular complexity index is 1020. The molecule has 0 aliphatic carbocycles. The average Bonchev–Trinajstić information content (AvgIpc) is 2.69. The molecular weight excluding hydrogens is 332 g/mol. The van der Waals surface area contributed by atoms with Crippen molar-refractivity contribution in [1.29, 1.82) is 0 Å². The van der Waals surface area contributed by atoms with Crippen LogP contribution in [0, 0.1) is 0 Å². The number of nitrogens with zero attached hydrogens (tertiary/aromatic N) is 6. The average molecular weight is 350 g/mol. The fraction of sp³-hybridized carbons (Fsp3) is 0.278. The highest BCUT2D eigenvalue weighted by molar-refractivity contribution is 5.92. The lowest BCUT2D eigenvalue weighted by molar-refractivity contribution is 0.0738. The molecule has 26 heavy (non-hydrogen) atoms. The summed E-state index contributed by atoms with van der Waals surface area (Å²) in [7, 11) is 1.54. The molecule has 4 rings (SSSR count). The second kappa shape index (κ2) is 6.55. The summed E-state index contributed by atoms with van der Waals surface area (Å²) < 4.78 is 1.18. The number of aryl methyl sites for hydroxylation is 1. The molecule has 0 radical (unpaired) electrons. The van der Waals surface area contributed by atoms with Crippen LogP contribution in [0.1, 0.15) is 10.5 Å². The molecule has 1 saturated heterocycles. The van der Waals surface area contributed by atoms with Crippen LogP contribution in [-0.4, -0.2) is 56.7 Å². The summed E-state index contributed by atoms with van der Waals surface area (Å²) in [6.07, 6.45) is 3.34. The fourth-order valence-electron chi connectivity index (χ4n) is 3.11. The van der Waals surface area contributed by atoms with Gasteiger partial charge in [-0.05, 0) is 24.3 Å². The number of benzene rings is 1. The number of anilines is 1. The van der Waals surface area contributed by atoms with E-state index in [0.717, 1.165) is 29.7 Å². The maximum atomic E-state index is 12.6. The molecule has 0 bridgehead atoms. The van der Waals surface area contributed by atoms with Gasteiger partial charge in [-0.15, -0.1) is 0 Å². The molecule has 3 aromatic rings. The van der Waals surface area contributed by atoms with Gasteiger partial charge in [0.1, 0.15) is 12.0 Å². The topological polar surface area (TPSA) is 84.2 Å². The summed E-state index contributed by atoms with van der Waals surface area (Å²) in [6, 6.07) is 8.95. The zero-order valence-corrected chi connectivity index (χ0v) is 14.4. The van der Waals surface area contributed by atoms with Gasteiger partial charge in [-0.3, -0.25) is 9.59 Å². The van der Waals surface area contributed by atoms with Crippen LogP contribution >= 0.6 is 0 Å². The third-order valence-corrected chi connectivity index (χ3v) is 4.60. The normalized spacial score (nSPS) is 14.7. The van der Waals surface area contributed by atoms with Gasteiger partial charge in [0.15, 0.2) is 0 Å². The number of aromatic nitrogens is 4. The smallest absolute Gasteiger partial charge is 0.274 e. The van der Waals surface area contributed by atoms with Crippen molar-refractivity contribution in [2.75, 3.05) is 31.1 Å². The lowest BCUT2D eigenvalue weighted by Gasteiger charge is -2.36. The molecule has 8 nitrogen and oxygen atoms in total. The monoisotopic (exact) mass is 350 g/mol. The second-order valence-electron chi connectivity index (χ2n) is 6.23. The van der Waals surface area contributed by atoms with Gasteiger partial charge in [0.25, 0.3) is 11.5 Å². The Morgan fingerprint density at radius 2 is 1.88 bits per heavy atom. The van der Waals surface area contributed by atoms with E-state index in [9.17, 15) is 9.59 Å². The number of hydrogen-bond donors (Lipinski definition) is 0. The van der Waals surface area contributed by atoms with Gasteiger partial charge >= 0.3 is 0 Å². The molecular formula is C18H18N6O2. The number of rotatable bonds is 2. The van der Waals surface area contributed by atoms with Crippen molar-refractivity contribution in [2.45, 2.75) is 0 Å². The summed E-state index contributed by atoms with van der Waals surface area (Å²) in [5, 5.41) is 5.04. The van der Waals surface area contributed by atoms with Crippen LogP contribution in [0.2, 0.25) is 0 Å². The van der Waals surface area contributed by atoms with Gasteiger partial charge in [0, 0.05) is 56.6 Å². The predicted octanol–water partition coefficient (Wildman–Crippen LogP) is 0.686. The van der Waals surface area contributed by atoms with Crippen LogP contribution in [0.3, 0.4) is 0 Å². The standard InChI is InChI=1S/C18H18N6O2/c1-22-17(25)5-4-16(21-22)18(26)24-8-6-23(7-9-24)14-2-3-15-13(10-14)11-19-12-20-15/h2-5,10-12H,6-9H2,1H3. The maximum Gasteiger partial charge on any atom is 0.274 e. The van der Waals surface area contributed by atoms with Crippen LogP contribution in [0.25, 0.3) is 10.9 Å². The lowest BCUT2D eigenvalue weighted by atomic mass is 10.2.